The quantitative estimate of drug-likeness (QED) is 0.555. The van der Waals surface area contributed by atoms with E-state index in [0.29, 0.717) is 5.75 Å². The summed E-state index contributed by atoms with van der Waals surface area (Å²) in [5, 5.41) is 10.4. The van der Waals surface area contributed by atoms with Gasteiger partial charge in [0.15, 0.2) is 5.75 Å². The van der Waals surface area contributed by atoms with Gasteiger partial charge in [0, 0.05) is 12.1 Å². The standard InChI is InChI=1S/C7H8N2O4/c1-12-7-4-5(13-8)2-3-6(7)9(10)11/h2-4H,8H2,1H3. The molecule has 0 amide bonds. The van der Waals surface area contributed by atoms with Crippen molar-refractivity contribution in [2.75, 3.05) is 7.11 Å². The molecular formula is C7H8N2O4. The molecule has 0 atom stereocenters. The summed E-state index contributed by atoms with van der Waals surface area (Å²) in [6.45, 7) is 0. The van der Waals surface area contributed by atoms with Gasteiger partial charge in [-0.15, -0.1) is 0 Å². The number of nitro benzene ring substituents is 1. The van der Waals surface area contributed by atoms with Crippen molar-refractivity contribution in [1.82, 2.24) is 0 Å². The molecule has 0 saturated heterocycles. The number of benzene rings is 1. The fourth-order valence-electron chi connectivity index (χ4n) is 0.882. The van der Waals surface area contributed by atoms with Gasteiger partial charge in [-0.3, -0.25) is 10.1 Å². The van der Waals surface area contributed by atoms with Gasteiger partial charge in [-0.1, -0.05) is 0 Å². The summed E-state index contributed by atoms with van der Waals surface area (Å²) in [6.07, 6.45) is 0. The van der Waals surface area contributed by atoms with E-state index in [2.05, 4.69) is 4.84 Å². The summed E-state index contributed by atoms with van der Waals surface area (Å²) in [5.41, 5.74) is -0.122. The van der Waals surface area contributed by atoms with Gasteiger partial charge in [0.2, 0.25) is 5.75 Å². The van der Waals surface area contributed by atoms with E-state index in [1.54, 1.807) is 0 Å². The van der Waals surface area contributed by atoms with Crippen LogP contribution in [0.5, 0.6) is 11.5 Å². The van der Waals surface area contributed by atoms with E-state index in [1.807, 2.05) is 0 Å². The molecule has 2 N–H and O–H groups in total. The Labute approximate surface area is 74.0 Å². The lowest BCUT2D eigenvalue weighted by molar-refractivity contribution is -0.385. The molecule has 0 bridgehead atoms. The van der Waals surface area contributed by atoms with Crippen LogP contribution in [0.25, 0.3) is 0 Å². The summed E-state index contributed by atoms with van der Waals surface area (Å²) in [4.78, 5) is 14.3. The minimum atomic E-state index is -0.543. The lowest BCUT2D eigenvalue weighted by atomic mass is 10.3. The molecule has 0 saturated carbocycles. The second-order valence-corrected chi connectivity index (χ2v) is 2.21. The van der Waals surface area contributed by atoms with Crippen LogP contribution in [0.1, 0.15) is 0 Å². The Bertz CT molecular complexity index is 326. The molecule has 0 fully saturated rings. The molecule has 6 nitrogen and oxygen atoms in total. The first-order chi connectivity index (χ1) is 6.19. The third kappa shape index (κ3) is 1.85. The molecule has 0 aliphatic carbocycles. The highest BCUT2D eigenvalue weighted by atomic mass is 16.6. The Morgan fingerprint density at radius 3 is 2.69 bits per heavy atom. The van der Waals surface area contributed by atoms with E-state index in [0.717, 1.165) is 0 Å². The maximum absolute atomic E-state index is 10.4. The smallest absolute Gasteiger partial charge is 0.311 e. The lowest BCUT2D eigenvalue weighted by Gasteiger charge is -2.02. The molecule has 0 unspecified atom stereocenters. The first-order valence-electron chi connectivity index (χ1n) is 3.38. The van der Waals surface area contributed by atoms with Crippen molar-refractivity contribution < 1.29 is 14.5 Å². The molecule has 6 heteroatoms. The maximum Gasteiger partial charge on any atom is 0.311 e. The lowest BCUT2D eigenvalue weighted by Crippen LogP contribution is -2.02. The summed E-state index contributed by atoms with van der Waals surface area (Å²) >= 11 is 0. The first-order valence-corrected chi connectivity index (χ1v) is 3.38. The second kappa shape index (κ2) is 3.72. The minimum Gasteiger partial charge on any atom is -0.490 e. The molecule has 0 aliphatic rings. The van der Waals surface area contributed by atoms with Crippen molar-refractivity contribution in [2.45, 2.75) is 0 Å². The second-order valence-electron chi connectivity index (χ2n) is 2.21. The zero-order chi connectivity index (χ0) is 9.84. The number of hydrogen-bond donors (Lipinski definition) is 1. The molecular weight excluding hydrogens is 176 g/mol. The predicted molar refractivity (Wildman–Crippen MR) is 44.5 cm³/mol. The van der Waals surface area contributed by atoms with Crippen LogP contribution in [0.4, 0.5) is 5.69 Å². The monoisotopic (exact) mass is 184 g/mol. The van der Waals surface area contributed by atoms with Crippen molar-refractivity contribution in [2.24, 2.45) is 5.90 Å². The Morgan fingerprint density at radius 2 is 2.23 bits per heavy atom. The number of hydrogen-bond acceptors (Lipinski definition) is 5. The highest BCUT2D eigenvalue weighted by Gasteiger charge is 2.14. The highest BCUT2D eigenvalue weighted by molar-refractivity contribution is 5.50. The Hall–Kier alpha value is -1.82. The average Bonchev–Trinajstić information content (AvgIpc) is 2.16. The molecule has 0 aliphatic heterocycles. The number of nitrogens with two attached hydrogens (primary N) is 1. The highest BCUT2D eigenvalue weighted by Crippen LogP contribution is 2.30. The number of rotatable bonds is 3. The molecule has 0 heterocycles. The summed E-state index contributed by atoms with van der Waals surface area (Å²) in [7, 11) is 1.34. The van der Waals surface area contributed by atoms with Gasteiger partial charge < -0.3 is 9.57 Å². The number of nitrogens with zero attached hydrogens (tertiary/aromatic N) is 1. The van der Waals surface area contributed by atoms with Crippen LogP contribution >= 0.6 is 0 Å². The summed E-state index contributed by atoms with van der Waals surface area (Å²) in [5.74, 6) is 5.30. The van der Waals surface area contributed by atoms with Crippen molar-refractivity contribution in [3.63, 3.8) is 0 Å². The molecule has 0 spiro atoms. The zero-order valence-corrected chi connectivity index (χ0v) is 6.89. The van der Waals surface area contributed by atoms with E-state index in [4.69, 9.17) is 10.6 Å². The third-order valence-corrected chi connectivity index (χ3v) is 1.48. The van der Waals surface area contributed by atoms with Gasteiger partial charge in [-0.25, -0.2) is 0 Å². The largest absolute Gasteiger partial charge is 0.490 e. The van der Waals surface area contributed by atoms with E-state index < -0.39 is 4.92 Å². The average molecular weight is 184 g/mol. The zero-order valence-electron chi connectivity index (χ0n) is 6.89. The fraction of sp³-hybridized carbons (Fsp3) is 0.143. The summed E-state index contributed by atoms with van der Waals surface area (Å²) in [6, 6.07) is 4.00. The first kappa shape index (κ1) is 9.27. The molecule has 1 aromatic carbocycles. The van der Waals surface area contributed by atoms with Crippen LogP contribution in [0, 0.1) is 10.1 Å². The van der Waals surface area contributed by atoms with Gasteiger partial charge in [0.05, 0.1) is 12.0 Å². The third-order valence-electron chi connectivity index (χ3n) is 1.48. The van der Waals surface area contributed by atoms with Crippen LogP contribution in [0.3, 0.4) is 0 Å². The van der Waals surface area contributed by atoms with E-state index >= 15 is 0 Å². The van der Waals surface area contributed by atoms with Gasteiger partial charge in [-0.2, -0.15) is 5.90 Å². The number of ether oxygens (including phenoxy) is 1. The number of methoxy groups -OCH3 is 1. The van der Waals surface area contributed by atoms with Crippen molar-refractivity contribution in [3.8, 4) is 11.5 Å². The topological polar surface area (TPSA) is 87.6 Å². The fourth-order valence-corrected chi connectivity index (χ4v) is 0.882. The van der Waals surface area contributed by atoms with Crippen molar-refractivity contribution in [3.05, 3.63) is 28.3 Å². The molecule has 70 valence electrons. The predicted octanol–water partition coefficient (Wildman–Crippen LogP) is 0.856. The molecule has 0 aromatic heterocycles. The molecule has 0 radical (unpaired) electrons. The van der Waals surface area contributed by atoms with E-state index in [1.165, 1.54) is 25.3 Å². The Balaban J connectivity index is 3.15. The SMILES string of the molecule is COc1cc(ON)ccc1[N+](=O)[O-]. The van der Waals surface area contributed by atoms with E-state index in [9.17, 15) is 10.1 Å². The van der Waals surface area contributed by atoms with Gasteiger partial charge >= 0.3 is 5.69 Å². The Kier molecular flexibility index (Phi) is 2.65. The number of nitro groups is 1. The minimum absolute atomic E-state index is 0.118. The maximum atomic E-state index is 10.4. The normalized spacial score (nSPS) is 9.38. The van der Waals surface area contributed by atoms with Crippen LogP contribution in [-0.4, -0.2) is 12.0 Å². The van der Waals surface area contributed by atoms with Crippen molar-refractivity contribution >= 4 is 5.69 Å². The molecule has 1 aromatic rings. The van der Waals surface area contributed by atoms with Crippen LogP contribution in [0.2, 0.25) is 0 Å². The van der Waals surface area contributed by atoms with Gasteiger partial charge in [-0.05, 0) is 6.07 Å². The van der Waals surface area contributed by atoms with Crippen LogP contribution in [-0.2, 0) is 0 Å². The summed E-state index contributed by atoms with van der Waals surface area (Å²) < 4.78 is 4.77. The Morgan fingerprint density at radius 1 is 1.54 bits per heavy atom. The van der Waals surface area contributed by atoms with Crippen LogP contribution in [0.15, 0.2) is 18.2 Å². The van der Waals surface area contributed by atoms with Crippen LogP contribution < -0.4 is 15.5 Å². The van der Waals surface area contributed by atoms with Crippen molar-refractivity contribution in [1.29, 1.82) is 0 Å². The van der Waals surface area contributed by atoms with Gasteiger partial charge in [0.25, 0.3) is 0 Å². The van der Waals surface area contributed by atoms with Gasteiger partial charge in [0.1, 0.15) is 0 Å². The molecule has 1 rings (SSSR count). The molecule has 13 heavy (non-hydrogen) atoms. The van der Waals surface area contributed by atoms with E-state index in [-0.39, 0.29) is 11.4 Å².